The molecule has 0 atom stereocenters. The Hall–Kier alpha value is -3.30. The lowest BCUT2D eigenvalue weighted by Gasteiger charge is -2.13. The molecule has 33 heavy (non-hydrogen) atoms. The summed E-state index contributed by atoms with van der Waals surface area (Å²) in [6.07, 6.45) is 0. The number of aromatic nitrogens is 1. The van der Waals surface area contributed by atoms with E-state index in [2.05, 4.69) is 11.4 Å². The van der Waals surface area contributed by atoms with Crippen molar-refractivity contribution in [3.63, 3.8) is 0 Å². The van der Waals surface area contributed by atoms with E-state index in [0.717, 1.165) is 22.4 Å². The second kappa shape index (κ2) is 10.5. The van der Waals surface area contributed by atoms with Crippen LogP contribution in [0.1, 0.15) is 5.56 Å². The van der Waals surface area contributed by atoms with Gasteiger partial charge in [0.1, 0.15) is 11.1 Å². The minimum atomic E-state index is -0.240. The average molecular weight is 490 g/mol. The van der Waals surface area contributed by atoms with Crippen LogP contribution in [0.5, 0.6) is 0 Å². The molecule has 4 aromatic rings. The van der Waals surface area contributed by atoms with Crippen molar-refractivity contribution in [1.82, 2.24) is 4.98 Å². The maximum Gasteiger partial charge on any atom is 0.234 e. The summed E-state index contributed by atoms with van der Waals surface area (Å²) in [6.45, 7) is 0. The SMILES string of the molecule is N#Cc1c(-c2ccccc2)cc(-c2ccccc2)nc1SCC(=O)Nc1ccc(Cl)c(Cl)c1. The summed E-state index contributed by atoms with van der Waals surface area (Å²) in [7, 11) is 0. The van der Waals surface area contributed by atoms with Gasteiger partial charge in [0.05, 0.1) is 27.1 Å². The van der Waals surface area contributed by atoms with Crippen LogP contribution in [0, 0.1) is 11.3 Å². The number of nitriles is 1. The lowest BCUT2D eigenvalue weighted by molar-refractivity contribution is -0.113. The Labute approximate surface area is 206 Å². The molecule has 0 radical (unpaired) electrons. The molecule has 0 fully saturated rings. The van der Waals surface area contributed by atoms with Crippen molar-refractivity contribution in [2.75, 3.05) is 11.1 Å². The number of hydrogen-bond donors (Lipinski definition) is 1. The van der Waals surface area contributed by atoms with Gasteiger partial charge >= 0.3 is 0 Å². The molecule has 4 nitrogen and oxygen atoms in total. The summed E-state index contributed by atoms with van der Waals surface area (Å²) in [5.41, 5.74) is 4.34. The summed E-state index contributed by atoms with van der Waals surface area (Å²) in [5, 5.41) is 14.0. The van der Waals surface area contributed by atoms with E-state index in [9.17, 15) is 10.1 Å². The van der Waals surface area contributed by atoms with Gasteiger partial charge in [-0.3, -0.25) is 4.79 Å². The predicted molar refractivity (Wildman–Crippen MR) is 136 cm³/mol. The van der Waals surface area contributed by atoms with Crippen molar-refractivity contribution in [3.05, 3.63) is 101 Å². The number of carbonyl (C=O) groups is 1. The smallest absolute Gasteiger partial charge is 0.234 e. The summed E-state index contributed by atoms with van der Waals surface area (Å²) in [5.74, 6) is -0.163. The summed E-state index contributed by atoms with van der Waals surface area (Å²) >= 11 is 13.2. The first kappa shape index (κ1) is 22.9. The van der Waals surface area contributed by atoms with E-state index in [4.69, 9.17) is 28.2 Å². The van der Waals surface area contributed by atoms with Crippen molar-refractivity contribution in [3.8, 4) is 28.5 Å². The molecule has 1 amide bonds. The zero-order valence-electron chi connectivity index (χ0n) is 17.3. The fourth-order valence-corrected chi connectivity index (χ4v) is 4.34. The Morgan fingerprint density at radius 1 is 0.909 bits per heavy atom. The van der Waals surface area contributed by atoms with Crippen LogP contribution in [-0.4, -0.2) is 16.6 Å². The van der Waals surface area contributed by atoms with Crippen molar-refractivity contribution in [1.29, 1.82) is 5.26 Å². The van der Waals surface area contributed by atoms with Crippen LogP contribution in [0.2, 0.25) is 10.0 Å². The molecule has 3 aromatic carbocycles. The minimum absolute atomic E-state index is 0.0778. The summed E-state index contributed by atoms with van der Waals surface area (Å²) < 4.78 is 0. The number of nitrogens with zero attached hydrogens (tertiary/aromatic N) is 2. The van der Waals surface area contributed by atoms with Gasteiger partial charge in [0, 0.05) is 16.8 Å². The molecule has 162 valence electrons. The summed E-state index contributed by atoms with van der Waals surface area (Å²) in [6, 6.07) is 28.5. The van der Waals surface area contributed by atoms with Crippen LogP contribution in [0.4, 0.5) is 5.69 Å². The molecule has 0 spiro atoms. The van der Waals surface area contributed by atoms with Gasteiger partial charge in [0.25, 0.3) is 0 Å². The lowest BCUT2D eigenvalue weighted by atomic mass is 9.99. The number of nitrogens with one attached hydrogen (secondary N) is 1. The molecule has 4 rings (SSSR count). The van der Waals surface area contributed by atoms with Crippen molar-refractivity contribution in [2.24, 2.45) is 0 Å². The number of rotatable bonds is 6. The third kappa shape index (κ3) is 5.55. The quantitative estimate of drug-likeness (QED) is 0.288. The van der Waals surface area contributed by atoms with Gasteiger partial charge in [-0.1, -0.05) is 95.6 Å². The first-order chi connectivity index (χ1) is 16.0. The molecule has 7 heteroatoms. The van der Waals surface area contributed by atoms with Crippen LogP contribution < -0.4 is 5.32 Å². The number of pyridine rings is 1. The third-order valence-electron chi connectivity index (χ3n) is 4.80. The monoisotopic (exact) mass is 489 g/mol. The molecule has 0 aliphatic carbocycles. The molecule has 0 aliphatic rings. The highest BCUT2D eigenvalue weighted by atomic mass is 35.5. The number of carbonyl (C=O) groups excluding carboxylic acids is 1. The molecule has 0 aliphatic heterocycles. The first-order valence-corrected chi connectivity index (χ1v) is 11.7. The third-order valence-corrected chi connectivity index (χ3v) is 6.51. The number of amides is 1. The van der Waals surface area contributed by atoms with E-state index < -0.39 is 0 Å². The van der Waals surface area contributed by atoms with Crippen molar-refractivity contribution < 1.29 is 4.79 Å². The Morgan fingerprint density at radius 3 is 2.21 bits per heavy atom. The van der Waals surface area contributed by atoms with Gasteiger partial charge in [-0.25, -0.2) is 4.98 Å². The van der Waals surface area contributed by atoms with E-state index in [0.29, 0.717) is 26.3 Å². The Kier molecular flexibility index (Phi) is 7.31. The van der Waals surface area contributed by atoms with E-state index in [-0.39, 0.29) is 11.7 Å². The van der Waals surface area contributed by atoms with E-state index >= 15 is 0 Å². The Bertz CT molecular complexity index is 1340. The van der Waals surface area contributed by atoms with Crippen LogP contribution in [0.15, 0.2) is 90.0 Å². The second-order valence-electron chi connectivity index (χ2n) is 7.04. The maximum atomic E-state index is 12.6. The van der Waals surface area contributed by atoms with Gasteiger partial charge < -0.3 is 5.32 Å². The van der Waals surface area contributed by atoms with E-state index in [1.165, 1.54) is 11.8 Å². The highest BCUT2D eigenvalue weighted by Crippen LogP contribution is 2.34. The zero-order chi connectivity index (χ0) is 23.2. The number of anilines is 1. The van der Waals surface area contributed by atoms with Crippen LogP contribution in [-0.2, 0) is 4.79 Å². The molecular formula is C26H17Cl2N3OS. The number of thioether (sulfide) groups is 1. The molecule has 0 saturated carbocycles. The Morgan fingerprint density at radius 2 is 1.58 bits per heavy atom. The topological polar surface area (TPSA) is 65.8 Å². The Balaban J connectivity index is 1.65. The highest BCUT2D eigenvalue weighted by Gasteiger charge is 2.17. The number of hydrogen-bond acceptors (Lipinski definition) is 4. The minimum Gasteiger partial charge on any atom is -0.325 e. The maximum absolute atomic E-state index is 12.6. The van der Waals surface area contributed by atoms with Crippen molar-refractivity contribution >= 4 is 46.6 Å². The molecule has 1 heterocycles. The number of benzene rings is 3. The number of halogens is 2. The second-order valence-corrected chi connectivity index (χ2v) is 8.82. The van der Waals surface area contributed by atoms with E-state index in [1.807, 2.05) is 66.7 Å². The van der Waals surface area contributed by atoms with Gasteiger partial charge in [-0.05, 0) is 29.8 Å². The highest BCUT2D eigenvalue weighted by molar-refractivity contribution is 8.00. The van der Waals surface area contributed by atoms with E-state index in [1.54, 1.807) is 18.2 Å². The predicted octanol–water partition coefficient (Wildman–Crippen LogP) is 7.32. The molecule has 0 saturated heterocycles. The summed E-state index contributed by atoms with van der Waals surface area (Å²) in [4.78, 5) is 17.3. The average Bonchev–Trinajstić information content (AvgIpc) is 2.85. The van der Waals surface area contributed by atoms with Gasteiger partial charge in [0.15, 0.2) is 0 Å². The van der Waals surface area contributed by atoms with Crippen LogP contribution in [0.25, 0.3) is 22.4 Å². The fraction of sp³-hybridized carbons (Fsp3) is 0.0385. The van der Waals surface area contributed by atoms with Gasteiger partial charge in [-0.15, -0.1) is 0 Å². The molecular weight excluding hydrogens is 473 g/mol. The van der Waals surface area contributed by atoms with Crippen molar-refractivity contribution in [2.45, 2.75) is 5.03 Å². The van der Waals surface area contributed by atoms with Crippen LogP contribution >= 0.6 is 35.0 Å². The lowest BCUT2D eigenvalue weighted by Crippen LogP contribution is -2.14. The van der Waals surface area contributed by atoms with Gasteiger partial charge in [-0.2, -0.15) is 5.26 Å². The molecule has 1 N–H and O–H groups in total. The van der Waals surface area contributed by atoms with Gasteiger partial charge in [0.2, 0.25) is 5.91 Å². The zero-order valence-corrected chi connectivity index (χ0v) is 19.6. The first-order valence-electron chi connectivity index (χ1n) is 9.99. The fourth-order valence-electron chi connectivity index (χ4n) is 3.24. The normalized spacial score (nSPS) is 10.5. The van der Waals surface area contributed by atoms with Crippen LogP contribution in [0.3, 0.4) is 0 Å². The standard InChI is InChI=1S/C26H17Cl2N3OS/c27-22-12-11-19(13-23(22)28)30-25(32)16-33-26-21(15-29)20(17-7-3-1-4-8-17)14-24(31-26)18-9-5-2-6-10-18/h1-14H,16H2,(H,30,32). The molecule has 1 aromatic heterocycles. The molecule has 0 unspecified atom stereocenters. The largest absolute Gasteiger partial charge is 0.325 e. The molecule has 0 bridgehead atoms.